The normalized spacial score (nSPS) is 10.6. The van der Waals surface area contributed by atoms with Crippen LogP contribution in [-0.2, 0) is 0 Å². The number of rotatable bonds is 2. The van der Waals surface area contributed by atoms with Crippen LogP contribution >= 0.6 is 11.6 Å². The van der Waals surface area contributed by atoms with E-state index in [2.05, 4.69) is 20.4 Å². The maximum atomic E-state index is 13.7. The van der Waals surface area contributed by atoms with Gasteiger partial charge in [0.1, 0.15) is 11.6 Å². The summed E-state index contributed by atoms with van der Waals surface area (Å²) in [5.41, 5.74) is 0.183. The lowest BCUT2D eigenvalue weighted by Gasteiger charge is -2.04. The first-order chi connectivity index (χ1) is 10.2. The fraction of sp³-hybridized carbons (Fsp3) is 0. The Morgan fingerprint density at radius 3 is 2.00 bits per heavy atom. The Morgan fingerprint density at radius 2 is 1.33 bits per heavy atom. The van der Waals surface area contributed by atoms with Crippen molar-refractivity contribution in [3.8, 4) is 22.8 Å². The van der Waals surface area contributed by atoms with Crippen LogP contribution in [0.15, 0.2) is 42.5 Å². The van der Waals surface area contributed by atoms with E-state index in [-0.39, 0.29) is 27.8 Å². The Bertz CT molecular complexity index is 773. The maximum absolute atomic E-state index is 13.7. The molecular formula is C14H7ClF2N4. The second kappa shape index (κ2) is 5.49. The zero-order chi connectivity index (χ0) is 14.8. The van der Waals surface area contributed by atoms with Crippen molar-refractivity contribution < 1.29 is 8.78 Å². The zero-order valence-electron chi connectivity index (χ0n) is 10.5. The molecule has 0 N–H and O–H groups in total. The van der Waals surface area contributed by atoms with Gasteiger partial charge in [0.05, 0.1) is 16.1 Å². The van der Waals surface area contributed by atoms with Gasteiger partial charge in [-0.15, -0.1) is 20.4 Å². The fourth-order valence-electron chi connectivity index (χ4n) is 1.79. The third kappa shape index (κ3) is 2.57. The first-order valence-electron chi connectivity index (χ1n) is 5.93. The molecule has 0 unspecified atom stereocenters. The second-order valence-electron chi connectivity index (χ2n) is 4.12. The lowest BCUT2D eigenvalue weighted by atomic mass is 10.2. The van der Waals surface area contributed by atoms with Crippen molar-refractivity contribution in [2.45, 2.75) is 0 Å². The lowest BCUT2D eigenvalue weighted by Crippen LogP contribution is -2.02. The molecule has 3 rings (SSSR count). The predicted octanol–water partition coefficient (Wildman–Crippen LogP) is 3.53. The van der Waals surface area contributed by atoms with Crippen molar-refractivity contribution >= 4 is 11.6 Å². The summed E-state index contributed by atoms with van der Waals surface area (Å²) in [6.07, 6.45) is 0. The Kier molecular flexibility index (Phi) is 3.53. The van der Waals surface area contributed by atoms with Gasteiger partial charge in [0.2, 0.25) is 11.6 Å². The summed E-state index contributed by atoms with van der Waals surface area (Å²) >= 11 is 5.91. The summed E-state index contributed by atoms with van der Waals surface area (Å²) in [4.78, 5) is 0. The standard InChI is InChI=1S/C14H7ClF2N4/c15-9-5-3-7-11(17)12(9)14-20-18-13(19-21-14)8-4-1-2-6-10(8)16/h1-7H. The van der Waals surface area contributed by atoms with Gasteiger partial charge in [-0.1, -0.05) is 29.8 Å². The van der Waals surface area contributed by atoms with Crippen molar-refractivity contribution in [1.82, 2.24) is 20.4 Å². The number of hydrogen-bond acceptors (Lipinski definition) is 4. The van der Waals surface area contributed by atoms with Crippen LogP contribution in [0.5, 0.6) is 0 Å². The van der Waals surface area contributed by atoms with E-state index < -0.39 is 11.6 Å². The number of halogens is 3. The van der Waals surface area contributed by atoms with Gasteiger partial charge in [0, 0.05) is 0 Å². The molecule has 2 aromatic carbocycles. The van der Waals surface area contributed by atoms with E-state index in [1.807, 2.05) is 0 Å². The summed E-state index contributed by atoms with van der Waals surface area (Å²) in [7, 11) is 0. The summed E-state index contributed by atoms with van der Waals surface area (Å²) in [5, 5.41) is 15.3. The molecule has 1 aromatic heterocycles. The van der Waals surface area contributed by atoms with Crippen LogP contribution in [0.3, 0.4) is 0 Å². The minimum atomic E-state index is -0.579. The van der Waals surface area contributed by atoms with Crippen molar-refractivity contribution in [2.24, 2.45) is 0 Å². The molecular weight excluding hydrogens is 298 g/mol. The van der Waals surface area contributed by atoms with Crippen molar-refractivity contribution in [2.75, 3.05) is 0 Å². The molecule has 0 amide bonds. The Balaban J connectivity index is 2.04. The van der Waals surface area contributed by atoms with Gasteiger partial charge < -0.3 is 0 Å². The molecule has 7 heteroatoms. The molecule has 0 atom stereocenters. The highest BCUT2D eigenvalue weighted by molar-refractivity contribution is 6.33. The SMILES string of the molecule is Fc1ccccc1-c1nnc(-c2c(F)cccc2Cl)nn1. The third-order valence-corrected chi connectivity index (χ3v) is 3.09. The number of hydrogen-bond donors (Lipinski definition) is 0. The molecule has 0 saturated carbocycles. The van der Waals surface area contributed by atoms with Gasteiger partial charge in [0.15, 0.2) is 0 Å². The molecule has 3 aromatic rings. The van der Waals surface area contributed by atoms with E-state index in [4.69, 9.17) is 11.6 Å². The quantitative estimate of drug-likeness (QED) is 0.727. The van der Waals surface area contributed by atoms with Gasteiger partial charge in [0.25, 0.3) is 0 Å². The van der Waals surface area contributed by atoms with Crippen LogP contribution in [0.4, 0.5) is 8.78 Å². The minimum absolute atomic E-state index is 0.0132. The highest BCUT2D eigenvalue weighted by Crippen LogP contribution is 2.27. The largest absolute Gasteiger partial charge is 0.208 e. The van der Waals surface area contributed by atoms with Crippen LogP contribution in [0.1, 0.15) is 0 Å². The van der Waals surface area contributed by atoms with Crippen LogP contribution in [-0.4, -0.2) is 20.4 Å². The van der Waals surface area contributed by atoms with Crippen LogP contribution < -0.4 is 0 Å². The number of benzene rings is 2. The molecule has 4 nitrogen and oxygen atoms in total. The van der Waals surface area contributed by atoms with Crippen LogP contribution in [0, 0.1) is 11.6 Å². The number of nitrogens with zero attached hydrogens (tertiary/aromatic N) is 4. The first kappa shape index (κ1) is 13.5. The monoisotopic (exact) mass is 304 g/mol. The van der Waals surface area contributed by atoms with Gasteiger partial charge in [-0.25, -0.2) is 8.78 Å². The topological polar surface area (TPSA) is 51.6 Å². The molecule has 0 radical (unpaired) electrons. The Hall–Kier alpha value is -2.47. The highest BCUT2D eigenvalue weighted by atomic mass is 35.5. The average molecular weight is 305 g/mol. The van der Waals surface area contributed by atoms with Crippen molar-refractivity contribution in [3.63, 3.8) is 0 Å². The molecule has 0 bridgehead atoms. The van der Waals surface area contributed by atoms with E-state index in [0.717, 1.165) is 0 Å². The summed E-state index contributed by atoms with van der Waals surface area (Å²) in [5.74, 6) is -1.11. The molecule has 104 valence electrons. The zero-order valence-corrected chi connectivity index (χ0v) is 11.2. The molecule has 0 aliphatic heterocycles. The molecule has 0 fully saturated rings. The van der Waals surface area contributed by atoms with Gasteiger partial charge in [-0.3, -0.25) is 0 Å². The van der Waals surface area contributed by atoms with Crippen LogP contribution in [0.25, 0.3) is 22.8 Å². The lowest BCUT2D eigenvalue weighted by molar-refractivity contribution is 0.625. The van der Waals surface area contributed by atoms with Crippen molar-refractivity contribution in [1.29, 1.82) is 0 Å². The average Bonchev–Trinajstić information content (AvgIpc) is 2.48. The first-order valence-corrected chi connectivity index (χ1v) is 6.31. The van der Waals surface area contributed by atoms with E-state index in [0.29, 0.717) is 0 Å². The molecule has 21 heavy (non-hydrogen) atoms. The molecule has 0 spiro atoms. The second-order valence-corrected chi connectivity index (χ2v) is 4.53. The van der Waals surface area contributed by atoms with Gasteiger partial charge in [-0.05, 0) is 24.3 Å². The molecule has 1 heterocycles. The minimum Gasteiger partial charge on any atom is -0.206 e. The van der Waals surface area contributed by atoms with E-state index in [1.54, 1.807) is 12.1 Å². The van der Waals surface area contributed by atoms with E-state index in [1.165, 1.54) is 30.3 Å². The summed E-state index contributed by atoms with van der Waals surface area (Å²) < 4.78 is 27.4. The summed E-state index contributed by atoms with van der Waals surface area (Å²) in [6.45, 7) is 0. The highest BCUT2D eigenvalue weighted by Gasteiger charge is 2.15. The summed E-state index contributed by atoms with van der Waals surface area (Å²) in [6, 6.07) is 10.2. The predicted molar refractivity (Wildman–Crippen MR) is 73.4 cm³/mol. The fourth-order valence-corrected chi connectivity index (χ4v) is 2.04. The smallest absolute Gasteiger partial charge is 0.206 e. The maximum Gasteiger partial charge on any atom is 0.208 e. The molecule has 0 aliphatic carbocycles. The van der Waals surface area contributed by atoms with E-state index >= 15 is 0 Å². The van der Waals surface area contributed by atoms with E-state index in [9.17, 15) is 8.78 Å². The Labute approximate surface area is 123 Å². The Morgan fingerprint density at radius 1 is 0.714 bits per heavy atom. The van der Waals surface area contributed by atoms with Crippen molar-refractivity contribution in [3.05, 3.63) is 59.1 Å². The van der Waals surface area contributed by atoms with Gasteiger partial charge >= 0.3 is 0 Å². The van der Waals surface area contributed by atoms with Crippen LogP contribution in [0.2, 0.25) is 5.02 Å². The van der Waals surface area contributed by atoms with Gasteiger partial charge in [-0.2, -0.15) is 0 Å². The molecule has 0 aliphatic rings. The third-order valence-electron chi connectivity index (χ3n) is 2.78. The molecule has 0 saturated heterocycles. The number of aromatic nitrogens is 4.